The summed E-state index contributed by atoms with van der Waals surface area (Å²) in [7, 11) is 0. The number of ether oxygens (including phenoxy) is 2. The maximum atomic E-state index is 6.49. The van der Waals surface area contributed by atoms with Gasteiger partial charge in [-0.05, 0) is 56.3 Å². The van der Waals surface area contributed by atoms with Gasteiger partial charge in [-0.2, -0.15) is 0 Å². The van der Waals surface area contributed by atoms with Crippen molar-refractivity contribution in [3.63, 3.8) is 0 Å². The molecule has 1 aliphatic heterocycles. The first-order chi connectivity index (χ1) is 7.69. The molecule has 90 valence electrons. The molecule has 7 atom stereocenters. The lowest BCUT2D eigenvalue weighted by atomic mass is 9.68. The van der Waals surface area contributed by atoms with Crippen molar-refractivity contribution in [2.45, 2.75) is 63.6 Å². The van der Waals surface area contributed by atoms with E-state index < -0.39 is 0 Å². The first-order valence-corrected chi connectivity index (χ1v) is 6.75. The summed E-state index contributed by atoms with van der Waals surface area (Å²) in [5, 5.41) is 0. The van der Waals surface area contributed by atoms with E-state index in [0.29, 0.717) is 23.7 Å². The zero-order valence-electron chi connectivity index (χ0n) is 9.89. The van der Waals surface area contributed by atoms with Crippen LogP contribution >= 0.6 is 0 Å². The second kappa shape index (κ2) is 3.01. The van der Waals surface area contributed by atoms with E-state index in [2.05, 4.69) is 0 Å². The van der Waals surface area contributed by atoms with Crippen molar-refractivity contribution in [2.24, 2.45) is 23.0 Å². The van der Waals surface area contributed by atoms with Gasteiger partial charge in [0.05, 0.1) is 12.2 Å². The number of hydrogen-bond acceptors (Lipinski definition) is 3. The molecular weight excluding hydrogens is 202 g/mol. The third kappa shape index (κ3) is 1.05. The third-order valence-electron chi connectivity index (χ3n) is 5.77. The van der Waals surface area contributed by atoms with Crippen LogP contribution in [0.4, 0.5) is 0 Å². The summed E-state index contributed by atoms with van der Waals surface area (Å²) in [6.45, 7) is 2.01. The van der Waals surface area contributed by atoms with E-state index in [-0.39, 0.29) is 6.29 Å². The maximum absolute atomic E-state index is 6.49. The Kier molecular flexibility index (Phi) is 1.85. The number of fused-ring (bicyclic) bond motifs is 4. The minimum absolute atomic E-state index is 0.00200. The summed E-state index contributed by atoms with van der Waals surface area (Å²) in [6, 6.07) is 0.416. The highest BCUT2D eigenvalue weighted by molar-refractivity contribution is 5.14. The monoisotopic (exact) mass is 223 g/mol. The largest absolute Gasteiger partial charge is 0.347 e. The van der Waals surface area contributed by atoms with Crippen LogP contribution < -0.4 is 5.73 Å². The van der Waals surface area contributed by atoms with Gasteiger partial charge in [0.1, 0.15) is 0 Å². The number of nitrogens with two attached hydrogens (primary N) is 1. The summed E-state index contributed by atoms with van der Waals surface area (Å²) in [6.07, 6.45) is 7.11. The zero-order chi connectivity index (χ0) is 10.9. The second-order valence-electron chi connectivity index (χ2n) is 6.35. The summed E-state index contributed by atoms with van der Waals surface area (Å²) < 4.78 is 11.7. The van der Waals surface area contributed by atoms with Crippen LogP contribution in [0.5, 0.6) is 0 Å². The Bertz CT molecular complexity index is 301. The third-order valence-corrected chi connectivity index (χ3v) is 5.77. The molecule has 4 fully saturated rings. The molecule has 0 amide bonds. The van der Waals surface area contributed by atoms with Gasteiger partial charge in [-0.3, -0.25) is 0 Å². The van der Waals surface area contributed by atoms with Crippen LogP contribution in [0, 0.1) is 17.3 Å². The van der Waals surface area contributed by atoms with Crippen molar-refractivity contribution in [3.8, 4) is 0 Å². The van der Waals surface area contributed by atoms with Crippen molar-refractivity contribution in [1.29, 1.82) is 0 Å². The minimum atomic E-state index is 0.00200. The van der Waals surface area contributed by atoms with Crippen LogP contribution in [0.15, 0.2) is 0 Å². The molecule has 1 saturated heterocycles. The molecule has 0 aromatic carbocycles. The van der Waals surface area contributed by atoms with Crippen LogP contribution in [-0.2, 0) is 9.47 Å². The topological polar surface area (TPSA) is 44.5 Å². The van der Waals surface area contributed by atoms with Crippen LogP contribution in [0.1, 0.15) is 39.0 Å². The van der Waals surface area contributed by atoms with Crippen LogP contribution in [0.25, 0.3) is 0 Å². The highest BCUT2D eigenvalue weighted by Crippen LogP contribution is 2.63. The molecule has 16 heavy (non-hydrogen) atoms. The normalized spacial score (nSPS) is 63.4. The van der Waals surface area contributed by atoms with Crippen molar-refractivity contribution in [3.05, 3.63) is 0 Å². The van der Waals surface area contributed by atoms with Crippen LogP contribution in [-0.4, -0.2) is 24.5 Å². The van der Waals surface area contributed by atoms with Gasteiger partial charge in [-0.1, -0.05) is 0 Å². The Morgan fingerprint density at radius 3 is 2.38 bits per heavy atom. The predicted octanol–water partition coefficient (Wildman–Crippen LogP) is 1.65. The second-order valence-corrected chi connectivity index (χ2v) is 6.35. The molecule has 4 rings (SSSR count). The summed E-state index contributed by atoms with van der Waals surface area (Å²) in [4.78, 5) is 0. The number of rotatable bonds is 0. The molecule has 0 aromatic rings. The Balaban J connectivity index is 1.62. The molecule has 3 aliphatic carbocycles. The van der Waals surface area contributed by atoms with Crippen molar-refractivity contribution >= 4 is 0 Å². The predicted molar refractivity (Wildman–Crippen MR) is 59.7 cm³/mol. The molecule has 3 saturated carbocycles. The lowest BCUT2D eigenvalue weighted by molar-refractivity contribution is -0.0774. The molecular formula is C13H21NO2. The first-order valence-electron chi connectivity index (χ1n) is 6.75. The lowest BCUT2D eigenvalue weighted by Crippen LogP contribution is -2.45. The molecule has 3 unspecified atom stereocenters. The fourth-order valence-electron chi connectivity index (χ4n) is 5.10. The van der Waals surface area contributed by atoms with Gasteiger partial charge in [-0.25, -0.2) is 0 Å². The molecule has 3 heteroatoms. The van der Waals surface area contributed by atoms with E-state index >= 15 is 0 Å². The summed E-state index contributed by atoms with van der Waals surface area (Å²) in [5.41, 5.74) is 6.86. The van der Waals surface area contributed by atoms with E-state index in [9.17, 15) is 0 Å². The standard InChI is InChI=1S/C13H21NO2/c1-7-15-10-5-13(6-11(10)16-7)9-3-2-8(4-9)12(13)14/h7-12H,2-6,14H2,1H3/t7?,8-,9+,10-,11?,12+,13?/m0/s1. The van der Waals surface area contributed by atoms with Crippen molar-refractivity contribution < 1.29 is 9.47 Å². The smallest absolute Gasteiger partial charge is 0.155 e. The number of hydrogen-bond donors (Lipinski definition) is 1. The van der Waals surface area contributed by atoms with E-state index in [1.807, 2.05) is 6.92 Å². The minimum Gasteiger partial charge on any atom is -0.347 e. The van der Waals surface area contributed by atoms with Crippen molar-refractivity contribution in [2.75, 3.05) is 0 Å². The van der Waals surface area contributed by atoms with E-state index in [1.165, 1.54) is 19.3 Å². The van der Waals surface area contributed by atoms with E-state index in [4.69, 9.17) is 15.2 Å². The first kappa shape index (κ1) is 9.86. The lowest BCUT2D eigenvalue weighted by Gasteiger charge is -2.39. The highest BCUT2D eigenvalue weighted by atomic mass is 16.7. The van der Waals surface area contributed by atoms with Gasteiger partial charge in [0, 0.05) is 6.04 Å². The Labute approximate surface area is 96.7 Å². The van der Waals surface area contributed by atoms with Gasteiger partial charge in [0.25, 0.3) is 0 Å². The Morgan fingerprint density at radius 1 is 1.12 bits per heavy atom. The highest BCUT2D eigenvalue weighted by Gasteiger charge is 2.63. The Hall–Kier alpha value is -0.120. The molecule has 0 aromatic heterocycles. The van der Waals surface area contributed by atoms with Crippen LogP contribution in [0.3, 0.4) is 0 Å². The zero-order valence-corrected chi connectivity index (χ0v) is 9.89. The van der Waals surface area contributed by atoms with Gasteiger partial charge in [0.2, 0.25) is 0 Å². The van der Waals surface area contributed by atoms with Crippen molar-refractivity contribution in [1.82, 2.24) is 0 Å². The van der Waals surface area contributed by atoms with Gasteiger partial charge in [0.15, 0.2) is 6.29 Å². The summed E-state index contributed by atoms with van der Waals surface area (Å²) in [5.74, 6) is 1.65. The average Bonchev–Trinajstić information content (AvgIpc) is 2.89. The average molecular weight is 223 g/mol. The Morgan fingerprint density at radius 2 is 1.81 bits per heavy atom. The molecule has 2 N–H and O–H groups in total. The van der Waals surface area contributed by atoms with Crippen LogP contribution in [0.2, 0.25) is 0 Å². The van der Waals surface area contributed by atoms with Gasteiger partial charge < -0.3 is 15.2 Å². The van der Waals surface area contributed by atoms with Gasteiger partial charge >= 0.3 is 0 Å². The fraction of sp³-hybridized carbons (Fsp3) is 1.00. The SMILES string of the molecule is CC1OC2CC3(C[C@@H]2O1)[C@@H]1CC[C@@H](C1)[C@H]3N. The molecule has 2 bridgehead atoms. The molecule has 4 aliphatic rings. The van der Waals surface area contributed by atoms with Gasteiger partial charge in [-0.15, -0.1) is 0 Å². The summed E-state index contributed by atoms with van der Waals surface area (Å²) >= 11 is 0. The van der Waals surface area contributed by atoms with E-state index in [1.54, 1.807) is 0 Å². The molecule has 3 nitrogen and oxygen atoms in total. The molecule has 1 heterocycles. The molecule has 1 spiro atoms. The molecule has 0 radical (unpaired) electrons. The maximum Gasteiger partial charge on any atom is 0.155 e. The quantitative estimate of drug-likeness (QED) is 0.679. The fourth-order valence-corrected chi connectivity index (χ4v) is 5.10. The van der Waals surface area contributed by atoms with E-state index in [0.717, 1.165) is 24.7 Å².